The van der Waals surface area contributed by atoms with Gasteiger partial charge in [0.05, 0.1) is 5.52 Å². The maximum absolute atomic E-state index is 4.23. The van der Waals surface area contributed by atoms with Crippen LogP contribution in [0, 0.1) is 0 Å². The number of rotatable bonds is 1. The van der Waals surface area contributed by atoms with Crippen LogP contribution in [0.1, 0.15) is 26.7 Å². The van der Waals surface area contributed by atoms with Crippen molar-refractivity contribution in [3.8, 4) is 0 Å². The van der Waals surface area contributed by atoms with Gasteiger partial charge in [-0.1, -0.05) is 44.9 Å². The highest BCUT2D eigenvalue weighted by Crippen LogP contribution is 2.08. The lowest BCUT2D eigenvalue weighted by Crippen LogP contribution is -1.84. The highest BCUT2D eigenvalue weighted by atomic mass is 15.2. The molecule has 0 amide bonds. The fourth-order valence-electron chi connectivity index (χ4n) is 1.09. The topological polar surface area (TPSA) is 17.8 Å². The van der Waals surface area contributed by atoms with E-state index in [0.29, 0.717) is 0 Å². The largest absolute Gasteiger partial charge is 0.275 e. The van der Waals surface area contributed by atoms with E-state index in [2.05, 4.69) is 25.0 Å². The lowest BCUT2D eigenvalue weighted by Gasteiger charge is -1.80. The number of aromatic nitrogens is 2. The molecule has 0 saturated carbocycles. The second-order valence-electron chi connectivity index (χ2n) is 3.36. The van der Waals surface area contributed by atoms with Crippen LogP contribution in [0.4, 0.5) is 0 Å². The zero-order chi connectivity index (χ0) is 10.4. The molecule has 2 heteroatoms. The predicted octanol–water partition coefficient (Wildman–Crippen LogP) is 3.38. The minimum absolute atomic E-state index is 1.06. The molecule has 0 N–H and O–H groups in total. The van der Waals surface area contributed by atoms with Crippen molar-refractivity contribution >= 4 is 10.9 Å². The third-order valence-corrected chi connectivity index (χ3v) is 2.03. The van der Waals surface area contributed by atoms with Gasteiger partial charge in [-0.15, -0.1) is 0 Å². The Labute approximate surface area is 85.6 Å². The molecular formula is C12H18N2. The molecule has 1 aromatic heterocycles. The fraction of sp³-hybridized carbons (Fsp3) is 0.417. The van der Waals surface area contributed by atoms with Crippen LogP contribution in [0.5, 0.6) is 0 Å². The lowest BCUT2D eigenvalue weighted by atomic mass is 10.3. The van der Waals surface area contributed by atoms with E-state index < -0.39 is 0 Å². The predicted molar refractivity (Wildman–Crippen MR) is 61.3 cm³/mol. The van der Waals surface area contributed by atoms with Gasteiger partial charge in [0.15, 0.2) is 0 Å². The van der Waals surface area contributed by atoms with Crippen LogP contribution < -0.4 is 0 Å². The first-order valence-corrected chi connectivity index (χ1v) is 5.16. The molecule has 0 atom stereocenters. The van der Waals surface area contributed by atoms with E-state index in [4.69, 9.17) is 0 Å². The molecule has 0 aliphatic rings. The first-order chi connectivity index (χ1) is 6.77. The lowest BCUT2D eigenvalue weighted by molar-refractivity contribution is 0.780. The zero-order valence-corrected chi connectivity index (χ0v) is 9.20. The molecule has 14 heavy (non-hydrogen) atoms. The number of unbranched alkanes of at least 4 members (excludes halogenated alkanes) is 1. The van der Waals surface area contributed by atoms with Gasteiger partial charge in [0, 0.05) is 18.6 Å². The van der Waals surface area contributed by atoms with E-state index >= 15 is 0 Å². The SMILES string of the molecule is CCCC.Cn1cc2ccccc2n1. The molecule has 0 aliphatic heterocycles. The molecule has 2 rings (SSSR count). The smallest absolute Gasteiger partial charge is 0.0923 e. The van der Waals surface area contributed by atoms with Crippen LogP contribution in [-0.4, -0.2) is 9.78 Å². The van der Waals surface area contributed by atoms with E-state index in [1.54, 1.807) is 0 Å². The van der Waals surface area contributed by atoms with E-state index in [1.165, 1.54) is 18.2 Å². The van der Waals surface area contributed by atoms with Crippen LogP contribution in [0.15, 0.2) is 30.5 Å². The molecule has 1 heterocycles. The van der Waals surface area contributed by atoms with Crippen LogP contribution in [0.3, 0.4) is 0 Å². The highest BCUT2D eigenvalue weighted by molar-refractivity contribution is 5.77. The third-order valence-electron chi connectivity index (χ3n) is 2.03. The molecule has 2 nitrogen and oxygen atoms in total. The molecule has 0 saturated heterocycles. The van der Waals surface area contributed by atoms with Gasteiger partial charge in [0.2, 0.25) is 0 Å². The minimum Gasteiger partial charge on any atom is -0.275 e. The number of benzene rings is 1. The van der Waals surface area contributed by atoms with E-state index in [1.807, 2.05) is 36.1 Å². The van der Waals surface area contributed by atoms with Crippen LogP contribution in [0.25, 0.3) is 10.9 Å². The molecular weight excluding hydrogens is 172 g/mol. The van der Waals surface area contributed by atoms with Crippen molar-refractivity contribution in [2.24, 2.45) is 7.05 Å². The minimum atomic E-state index is 1.06. The number of nitrogens with zero attached hydrogens (tertiary/aromatic N) is 2. The van der Waals surface area contributed by atoms with Gasteiger partial charge < -0.3 is 0 Å². The summed E-state index contributed by atoms with van der Waals surface area (Å²) in [6.45, 7) is 4.36. The molecule has 0 unspecified atom stereocenters. The van der Waals surface area contributed by atoms with Crippen molar-refractivity contribution in [2.75, 3.05) is 0 Å². The van der Waals surface area contributed by atoms with E-state index in [0.717, 1.165) is 5.52 Å². The Morgan fingerprint density at radius 2 is 1.79 bits per heavy atom. The zero-order valence-electron chi connectivity index (χ0n) is 9.20. The molecule has 1 aromatic carbocycles. The summed E-state index contributed by atoms with van der Waals surface area (Å²) in [5.41, 5.74) is 1.06. The summed E-state index contributed by atoms with van der Waals surface area (Å²) in [6.07, 6.45) is 4.65. The standard InChI is InChI=1S/C8H8N2.C4H10/c1-10-6-7-4-2-3-5-8(7)9-10;1-3-4-2/h2-6H,1H3;3-4H2,1-2H3. The monoisotopic (exact) mass is 190 g/mol. The van der Waals surface area contributed by atoms with Gasteiger partial charge in [0.1, 0.15) is 0 Å². The molecule has 0 aliphatic carbocycles. The Kier molecular flexibility index (Phi) is 4.17. The number of fused-ring (bicyclic) bond motifs is 1. The second kappa shape index (κ2) is 5.43. The van der Waals surface area contributed by atoms with Gasteiger partial charge in [-0.2, -0.15) is 5.10 Å². The normalized spacial score (nSPS) is 9.64. The fourth-order valence-corrected chi connectivity index (χ4v) is 1.09. The van der Waals surface area contributed by atoms with Gasteiger partial charge in [-0.3, -0.25) is 4.68 Å². The van der Waals surface area contributed by atoms with Gasteiger partial charge in [-0.05, 0) is 6.07 Å². The van der Waals surface area contributed by atoms with E-state index in [9.17, 15) is 0 Å². The molecule has 0 radical (unpaired) electrons. The van der Waals surface area contributed by atoms with Crippen molar-refractivity contribution in [3.63, 3.8) is 0 Å². The summed E-state index contributed by atoms with van der Waals surface area (Å²) in [5, 5.41) is 5.43. The summed E-state index contributed by atoms with van der Waals surface area (Å²) in [5.74, 6) is 0. The average molecular weight is 190 g/mol. The quantitative estimate of drug-likeness (QED) is 0.674. The van der Waals surface area contributed by atoms with E-state index in [-0.39, 0.29) is 0 Å². The first-order valence-electron chi connectivity index (χ1n) is 5.16. The van der Waals surface area contributed by atoms with Crippen molar-refractivity contribution in [1.29, 1.82) is 0 Å². The van der Waals surface area contributed by atoms with Gasteiger partial charge >= 0.3 is 0 Å². The van der Waals surface area contributed by atoms with Gasteiger partial charge in [-0.25, -0.2) is 0 Å². The average Bonchev–Trinajstić information content (AvgIpc) is 2.58. The Bertz CT molecular complexity index is 341. The number of hydrogen-bond acceptors (Lipinski definition) is 1. The van der Waals surface area contributed by atoms with Crippen molar-refractivity contribution in [1.82, 2.24) is 9.78 Å². The van der Waals surface area contributed by atoms with Crippen molar-refractivity contribution in [3.05, 3.63) is 30.5 Å². The summed E-state index contributed by atoms with van der Waals surface area (Å²) in [4.78, 5) is 0. The maximum atomic E-state index is 4.23. The molecule has 0 bridgehead atoms. The third kappa shape index (κ3) is 2.87. The van der Waals surface area contributed by atoms with Crippen LogP contribution in [0.2, 0.25) is 0 Å². The summed E-state index contributed by atoms with van der Waals surface area (Å²) < 4.78 is 1.82. The number of hydrogen-bond donors (Lipinski definition) is 0. The van der Waals surface area contributed by atoms with Crippen LogP contribution in [-0.2, 0) is 7.05 Å². The highest BCUT2D eigenvalue weighted by Gasteiger charge is 1.92. The van der Waals surface area contributed by atoms with Gasteiger partial charge in [0.25, 0.3) is 0 Å². The Balaban J connectivity index is 0.000000213. The maximum Gasteiger partial charge on any atom is 0.0923 e. The van der Waals surface area contributed by atoms with Crippen molar-refractivity contribution in [2.45, 2.75) is 26.7 Å². The first kappa shape index (κ1) is 10.8. The Morgan fingerprint density at radius 3 is 2.36 bits per heavy atom. The molecule has 76 valence electrons. The Morgan fingerprint density at radius 1 is 1.14 bits per heavy atom. The number of aryl methyl sites for hydroxylation is 1. The summed E-state index contributed by atoms with van der Waals surface area (Å²) in [7, 11) is 1.93. The van der Waals surface area contributed by atoms with Crippen molar-refractivity contribution < 1.29 is 0 Å². The summed E-state index contributed by atoms with van der Waals surface area (Å²) in [6, 6.07) is 8.08. The molecule has 2 aromatic rings. The second-order valence-corrected chi connectivity index (χ2v) is 3.36. The van der Waals surface area contributed by atoms with Crippen LogP contribution >= 0.6 is 0 Å². The molecule has 0 spiro atoms. The molecule has 0 fully saturated rings. The Hall–Kier alpha value is -1.31. The summed E-state index contributed by atoms with van der Waals surface area (Å²) >= 11 is 0.